The van der Waals surface area contributed by atoms with E-state index in [0.717, 1.165) is 23.7 Å². The van der Waals surface area contributed by atoms with Crippen molar-refractivity contribution in [3.05, 3.63) is 29.8 Å². The number of hydrogen-bond acceptors (Lipinski definition) is 2. The number of hydrogen-bond donors (Lipinski definition) is 1. The van der Waals surface area contributed by atoms with Crippen molar-refractivity contribution in [2.45, 2.75) is 38.2 Å². The largest absolute Gasteiger partial charge is 0.496 e. The normalized spacial score (nSPS) is 17.1. The average Bonchev–Trinajstić information content (AvgIpc) is 3.11. The zero-order valence-electron chi connectivity index (χ0n) is 9.86. The van der Waals surface area contributed by atoms with Crippen molar-refractivity contribution in [2.24, 2.45) is 5.92 Å². The van der Waals surface area contributed by atoms with Crippen molar-refractivity contribution in [1.82, 2.24) is 0 Å². The van der Waals surface area contributed by atoms with Crippen LogP contribution in [0.2, 0.25) is 0 Å². The first-order valence-electron chi connectivity index (χ1n) is 6.09. The summed E-state index contributed by atoms with van der Waals surface area (Å²) in [4.78, 5) is 0. The van der Waals surface area contributed by atoms with Crippen LogP contribution < -0.4 is 4.74 Å². The molecule has 1 aliphatic rings. The minimum Gasteiger partial charge on any atom is -0.496 e. The van der Waals surface area contributed by atoms with E-state index in [1.165, 1.54) is 19.3 Å². The van der Waals surface area contributed by atoms with Crippen molar-refractivity contribution in [2.75, 3.05) is 7.11 Å². The predicted molar refractivity (Wildman–Crippen MR) is 64.7 cm³/mol. The van der Waals surface area contributed by atoms with Gasteiger partial charge in [-0.2, -0.15) is 0 Å². The first-order valence-corrected chi connectivity index (χ1v) is 6.09. The summed E-state index contributed by atoms with van der Waals surface area (Å²) < 4.78 is 5.27. The van der Waals surface area contributed by atoms with E-state index < -0.39 is 0 Å². The fourth-order valence-corrected chi connectivity index (χ4v) is 2.06. The van der Waals surface area contributed by atoms with Crippen molar-refractivity contribution >= 4 is 0 Å². The third-order valence-corrected chi connectivity index (χ3v) is 3.25. The maximum absolute atomic E-state index is 9.94. The van der Waals surface area contributed by atoms with Gasteiger partial charge in [0, 0.05) is 6.42 Å². The monoisotopic (exact) mass is 220 g/mol. The second-order valence-electron chi connectivity index (χ2n) is 4.69. The topological polar surface area (TPSA) is 29.5 Å². The van der Waals surface area contributed by atoms with E-state index in [2.05, 4.69) is 0 Å². The van der Waals surface area contributed by atoms with Gasteiger partial charge in [0.25, 0.3) is 0 Å². The lowest BCUT2D eigenvalue weighted by atomic mass is 10.0. The third kappa shape index (κ3) is 3.24. The molecule has 1 aromatic carbocycles. The Labute approximate surface area is 97.3 Å². The molecule has 1 fully saturated rings. The summed E-state index contributed by atoms with van der Waals surface area (Å²) in [6, 6.07) is 7.92. The molecule has 88 valence electrons. The van der Waals surface area contributed by atoms with Crippen LogP contribution in [0.3, 0.4) is 0 Å². The van der Waals surface area contributed by atoms with Crippen LogP contribution in [0.5, 0.6) is 5.75 Å². The SMILES string of the molecule is COc1ccccc1CC(O)CCC1CC1. The van der Waals surface area contributed by atoms with E-state index >= 15 is 0 Å². The molecule has 2 heteroatoms. The number of aliphatic hydroxyl groups excluding tert-OH is 1. The molecule has 0 aromatic heterocycles. The van der Waals surface area contributed by atoms with Gasteiger partial charge in [-0.25, -0.2) is 0 Å². The number of para-hydroxylation sites is 1. The summed E-state index contributed by atoms with van der Waals surface area (Å²) in [6.07, 6.45) is 5.30. The van der Waals surface area contributed by atoms with Gasteiger partial charge >= 0.3 is 0 Å². The Morgan fingerprint density at radius 1 is 1.38 bits per heavy atom. The van der Waals surface area contributed by atoms with Crippen LogP contribution in [-0.4, -0.2) is 18.3 Å². The Balaban J connectivity index is 1.85. The summed E-state index contributed by atoms with van der Waals surface area (Å²) in [5.74, 6) is 1.78. The molecule has 16 heavy (non-hydrogen) atoms. The molecule has 0 aliphatic heterocycles. The molecule has 0 heterocycles. The fraction of sp³-hybridized carbons (Fsp3) is 0.571. The lowest BCUT2D eigenvalue weighted by Crippen LogP contribution is -2.11. The highest BCUT2D eigenvalue weighted by molar-refractivity contribution is 5.33. The van der Waals surface area contributed by atoms with Gasteiger partial charge in [-0.1, -0.05) is 31.0 Å². The van der Waals surface area contributed by atoms with Crippen molar-refractivity contribution < 1.29 is 9.84 Å². The molecule has 2 rings (SSSR count). The molecule has 1 saturated carbocycles. The summed E-state index contributed by atoms with van der Waals surface area (Å²) >= 11 is 0. The van der Waals surface area contributed by atoms with E-state index in [9.17, 15) is 5.11 Å². The Bertz CT molecular complexity index is 331. The molecule has 1 aliphatic carbocycles. The van der Waals surface area contributed by atoms with Gasteiger partial charge < -0.3 is 9.84 Å². The smallest absolute Gasteiger partial charge is 0.122 e. The molecule has 0 amide bonds. The quantitative estimate of drug-likeness (QED) is 0.798. The maximum atomic E-state index is 9.94. The lowest BCUT2D eigenvalue weighted by Gasteiger charge is -2.13. The second-order valence-corrected chi connectivity index (χ2v) is 4.69. The number of methoxy groups -OCH3 is 1. The zero-order chi connectivity index (χ0) is 11.4. The Morgan fingerprint density at radius 3 is 2.81 bits per heavy atom. The minimum absolute atomic E-state index is 0.225. The molecular weight excluding hydrogens is 200 g/mol. The summed E-state index contributed by atoms with van der Waals surface area (Å²) in [5, 5.41) is 9.94. The standard InChI is InChI=1S/C14H20O2/c1-16-14-5-3-2-4-12(14)10-13(15)9-8-11-6-7-11/h2-5,11,13,15H,6-10H2,1H3. The molecule has 1 N–H and O–H groups in total. The van der Waals surface area contributed by atoms with Crippen LogP contribution in [-0.2, 0) is 6.42 Å². The Morgan fingerprint density at radius 2 is 2.12 bits per heavy atom. The van der Waals surface area contributed by atoms with Crippen molar-refractivity contribution in [3.8, 4) is 5.75 Å². The summed E-state index contributed by atoms with van der Waals surface area (Å²) in [5.41, 5.74) is 1.10. The summed E-state index contributed by atoms with van der Waals surface area (Å²) in [7, 11) is 1.68. The van der Waals surface area contributed by atoms with Crippen LogP contribution in [0.15, 0.2) is 24.3 Å². The predicted octanol–water partition coefficient (Wildman–Crippen LogP) is 2.79. The average molecular weight is 220 g/mol. The molecule has 2 nitrogen and oxygen atoms in total. The number of rotatable bonds is 6. The number of benzene rings is 1. The van der Waals surface area contributed by atoms with Crippen LogP contribution in [0.25, 0.3) is 0 Å². The highest BCUT2D eigenvalue weighted by Crippen LogP contribution is 2.34. The van der Waals surface area contributed by atoms with Crippen LogP contribution in [0.4, 0.5) is 0 Å². The lowest BCUT2D eigenvalue weighted by molar-refractivity contribution is 0.159. The molecule has 1 atom stereocenters. The third-order valence-electron chi connectivity index (χ3n) is 3.25. The summed E-state index contributed by atoms with van der Waals surface area (Å²) in [6.45, 7) is 0. The molecule has 1 aromatic rings. The van der Waals surface area contributed by atoms with Gasteiger partial charge in [0.15, 0.2) is 0 Å². The van der Waals surface area contributed by atoms with Gasteiger partial charge in [0.2, 0.25) is 0 Å². The highest BCUT2D eigenvalue weighted by atomic mass is 16.5. The number of aliphatic hydroxyl groups is 1. The van der Waals surface area contributed by atoms with Crippen LogP contribution in [0, 0.1) is 5.92 Å². The van der Waals surface area contributed by atoms with Crippen molar-refractivity contribution in [3.63, 3.8) is 0 Å². The first kappa shape index (κ1) is 11.5. The molecule has 0 saturated heterocycles. The van der Waals surface area contributed by atoms with Gasteiger partial charge in [-0.3, -0.25) is 0 Å². The Hall–Kier alpha value is -1.02. The molecular formula is C14H20O2. The molecule has 0 bridgehead atoms. The second kappa shape index (κ2) is 5.35. The Kier molecular flexibility index (Phi) is 3.83. The van der Waals surface area contributed by atoms with Gasteiger partial charge in [-0.15, -0.1) is 0 Å². The van der Waals surface area contributed by atoms with E-state index in [4.69, 9.17) is 4.74 Å². The zero-order valence-corrected chi connectivity index (χ0v) is 9.86. The van der Waals surface area contributed by atoms with E-state index in [0.29, 0.717) is 6.42 Å². The van der Waals surface area contributed by atoms with E-state index in [1.54, 1.807) is 7.11 Å². The fourth-order valence-electron chi connectivity index (χ4n) is 2.06. The van der Waals surface area contributed by atoms with Gasteiger partial charge in [-0.05, 0) is 30.4 Å². The van der Waals surface area contributed by atoms with Crippen molar-refractivity contribution in [1.29, 1.82) is 0 Å². The van der Waals surface area contributed by atoms with Gasteiger partial charge in [0.05, 0.1) is 13.2 Å². The molecule has 1 unspecified atom stereocenters. The molecule has 0 radical (unpaired) electrons. The molecule has 0 spiro atoms. The van der Waals surface area contributed by atoms with Gasteiger partial charge in [0.1, 0.15) is 5.75 Å². The van der Waals surface area contributed by atoms with Crippen LogP contribution >= 0.6 is 0 Å². The maximum Gasteiger partial charge on any atom is 0.122 e. The van der Waals surface area contributed by atoms with E-state index in [1.807, 2.05) is 24.3 Å². The van der Waals surface area contributed by atoms with E-state index in [-0.39, 0.29) is 6.10 Å². The van der Waals surface area contributed by atoms with Crippen LogP contribution in [0.1, 0.15) is 31.2 Å². The first-order chi connectivity index (χ1) is 7.79. The highest BCUT2D eigenvalue weighted by Gasteiger charge is 2.22. The number of ether oxygens (including phenoxy) is 1. The minimum atomic E-state index is -0.225.